The summed E-state index contributed by atoms with van der Waals surface area (Å²) in [6.45, 7) is 1.75. The van der Waals surface area contributed by atoms with Gasteiger partial charge in [0.1, 0.15) is 5.70 Å². The van der Waals surface area contributed by atoms with E-state index in [0.717, 1.165) is 17.8 Å². The smallest absolute Gasteiger partial charge is 0.325 e. The number of aromatic nitrogens is 1. The average molecular weight is 605 g/mol. The number of hydrogen-bond donors (Lipinski definition) is 3. The highest BCUT2D eigenvalue weighted by molar-refractivity contribution is 8.00. The van der Waals surface area contributed by atoms with E-state index in [9.17, 15) is 27.6 Å². The van der Waals surface area contributed by atoms with Gasteiger partial charge in [0.05, 0.1) is 16.5 Å². The van der Waals surface area contributed by atoms with E-state index in [1.807, 2.05) is 0 Å². The van der Waals surface area contributed by atoms with Crippen LogP contribution in [0.4, 0.5) is 24.5 Å². The van der Waals surface area contributed by atoms with Crippen LogP contribution in [0, 0.1) is 0 Å². The third-order valence-electron chi connectivity index (χ3n) is 6.05. The lowest BCUT2D eigenvalue weighted by molar-refractivity contribution is -0.137. The Morgan fingerprint density at radius 2 is 1.65 bits per heavy atom. The third kappa shape index (κ3) is 8.79. The van der Waals surface area contributed by atoms with Crippen LogP contribution in [0.25, 0.3) is 6.08 Å². The Labute approximate surface area is 250 Å². The monoisotopic (exact) mass is 604 g/mol. The summed E-state index contributed by atoms with van der Waals surface area (Å²) in [6, 6.07) is 23.4. The molecule has 4 aromatic rings. The van der Waals surface area contributed by atoms with Crippen molar-refractivity contribution >= 4 is 46.9 Å². The lowest BCUT2D eigenvalue weighted by atomic mass is 10.1. The van der Waals surface area contributed by atoms with E-state index in [4.69, 9.17) is 0 Å². The molecule has 0 spiro atoms. The van der Waals surface area contributed by atoms with Crippen LogP contribution >= 0.6 is 11.8 Å². The number of nitrogens with one attached hydrogen (secondary N) is 3. The summed E-state index contributed by atoms with van der Waals surface area (Å²) < 4.78 is 40.2. The second-order valence-corrected chi connectivity index (χ2v) is 10.5. The van der Waals surface area contributed by atoms with Gasteiger partial charge in [-0.15, -0.1) is 11.8 Å². The molecule has 0 radical (unpaired) electrons. The molecule has 3 N–H and O–H groups in total. The van der Waals surface area contributed by atoms with Crippen LogP contribution < -0.4 is 16.0 Å². The average Bonchev–Trinajstić information content (AvgIpc) is 3.00. The van der Waals surface area contributed by atoms with Crippen molar-refractivity contribution in [1.82, 2.24) is 10.3 Å². The molecule has 3 amide bonds. The zero-order valence-electron chi connectivity index (χ0n) is 22.9. The first-order valence-corrected chi connectivity index (χ1v) is 14.0. The number of halogens is 3. The quantitative estimate of drug-likeness (QED) is 0.133. The topological polar surface area (TPSA) is 100 Å². The lowest BCUT2D eigenvalue weighted by Crippen LogP contribution is -2.30. The largest absolute Gasteiger partial charge is 0.418 e. The number of nitrogens with zero attached hydrogens (tertiary/aromatic N) is 1. The van der Waals surface area contributed by atoms with Gasteiger partial charge in [0.25, 0.3) is 11.8 Å². The fourth-order valence-corrected chi connectivity index (χ4v) is 4.97. The van der Waals surface area contributed by atoms with Gasteiger partial charge in [-0.1, -0.05) is 49.4 Å². The van der Waals surface area contributed by atoms with Crippen molar-refractivity contribution in [2.75, 3.05) is 10.6 Å². The fraction of sp³-hybridized carbons (Fsp3) is 0.125. The van der Waals surface area contributed by atoms with E-state index in [0.29, 0.717) is 28.1 Å². The normalized spacial score (nSPS) is 12.2. The van der Waals surface area contributed by atoms with Crippen LogP contribution in [0.3, 0.4) is 0 Å². The van der Waals surface area contributed by atoms with Crippen LogP contribution in [-0.2, 0) is 15.8 Å². The predicted molar refractivity (Wildman–Crippen MR) is 161 cm³/mol. The second kappa shape index (κ2) is 14.3. The molecule has 7 nitrogen and oxygen atoms in total. The Balaban J connectivity index is 1.49. The first kappa shape index (κ1) is 31.0. The number of carbonyl (C=O) groups is 3. The zero-order valence-corrected chi connectivity index (χ0v) is 23.7. The zero-order chi connectivity index (χ0) is 30.8. The van der Waals surface area contributed by atoms with Gasteiger partial charge in [-0.3, -0.25) is 19.4 Å². The molecule has 0 fully saturated rings. The molecule has 1 heterocycles. The number of amides is 3. The van der Waals surface area contributed by atoms with Gasteiger partial charge in [0.2, 0.25) is 5.91 Å². The maximum atomic E-state index is 13.4. The summed E-state index contributed by atoms with van der Waals surface area (Å²) in [5, 5.41) is 7.11. The van der Waals surface area contributed by atoms with Crippen molar-refractivity contribution in [3.8, 4) is 0 Å². The first-order chi connectivity index (χ1) is 20.6. The van der Waals surface area contributed by atoms with Gasteiger partial charge in [-0.05, 0) is 66.6 Å². The van der Waals surface area contributed by atoms with Crippen molar-refractivity contribution in [1.29, 1.82) is 0 Å². The lowest BCUT2D eigenvalue weighted by Gasteiger charge is -2.18. The Bertz CT molecular complexity index is 1610. The van der Waals surface area contributed by atoms with Gasteiger partial charge in [0.15, 0.2) is 0 Å². The summed E-state index contributed by atoms with van der Waals surface area (Å²) in [4.78, 5) is 43.8. The number of alkyl halides is 3. The Morgan fingerprint density at radius 3 is 2.35 bits per heavy atom. The minimum atomic E-state index is -4.61. The number of hydrogen-bond acceptors (Lipinski definition) is 5. The summed E-state index contributed by atoms with van der Waals surface area (Å²) in [6.07, 6.45) is 0.350. The number of rotatable bonds is 10. The summed E-state index contributed by atoms with van der Waals surface area (Å²) in [7, 11) is 0. The Kier molecular flexibility index (Phi) is 10.3. The second-order valence-electron chi connectivity index (χ2n) is 9.19. The first-order valence-electron chi connectivity index (χ1n) is 13.2. The van der Waals surface area contributed by atoms with E-state index in [1.165, 1.54) is 24.3 Å². The van der Waals surface area contributed by atoms with Gasteiger partial charge in [-0.2, -0.15) is 13.2 Å². The van der Waals surface area contributed by atoms with Gasteiger partial charge in [0, 0.05) is 28.5 Å². The number of pyridine rings is 1. The fourth-order valence-electron chi connectivity index (χ4n) is 3.96. The molecule has 1 unspecified atom stereocenters. The van der Waals surface area contributed by atoms with Crippen molar-refractivity contribution in [2.45, 2.75) is 29.7 Å². The van der Waals surface area contributed by atoms with Gasteiger partial charge < -0.3 is 16.0 Å². The maximum absolute atomic E-state index is 13.4. The molecule has 0 aliphatic carbocycles. The number of thioether (sulfide) groups is 1. The molecule has 11 heteroatoms. The standard InChI is InChI=1S/C32H27F3N4O3S/c1-2-28(31(42)38-26-16-7-6-15-25(26)32(33,34)35)43-24-14-8-13-23(19-24)37-30(41)27(18-21-10-9-17-36-20-21)39-29(40)22-11-4-3-5-12-22/h3-20,28H,2H2,1H3,(H,37,41)(H,38,42)(H,39,40)/b27-18-. The molecule has 0 saturated heterocycles. The molecule has 0 saturated carbocycles. The molecule has 220 valence electrons. The van der Waals surface area contributed by atoms with Crippen LogP contribution in [0.15, 0.2) is 114 Å². The van der Waals surface area contributed by atoms with E-state index < -0.39 is 34.7 Å². The molecule has 3 aromatic carbocycles. The van der Waals surface area contributed by atoms with Gasteiger partial charge in [-0.25, -0.2) is 0 Å². The van der Waals surface area contributed by atoms with E-state index in [2.05, 4.69) is 20.9 Å². The highest BCUT2D eigenvalue weighted by Crippen LogP contribution is 2.35. The maximum Gasteiger partial charge on any atom is 0.418 e. The third-order valence-corrected chi connectivity index (χ3v) is 7.41. The number of anilines is 2. The molecule has 0 aliphatic heterocycles. The highest BCUT2D eigenvalue weighted by atomic mass is 32.2. The molecule has 43 heavy (non-hydrogen) atoms. The van der Waals surface area contributed by atoms with Crippen molar-refractivity contribution in [3.05, 3.63) is 126 Å². The number of carbonyl (C=O) groups excluding carboxylic acids is 3. The minimum Gasteiger partial charge on any atom is -0.325 e. The summed E-state index contributed by atoms with van der Waals surface area (Å²) in [5.41, 5.74) is 0.0856. The molecular formula is C32H27F3N4O3S. The molecule has 1 atom stereocenters. The van der Waals surface area contributed by atoms with E-state index >= 15 is 0 Å². The Hall–Kier alpha value is -4.90. The highest BCUT2D eigenvalue weighted by Gasteiger charge is 2.34. The van der Waals surface area contributed by atoms with Crippen molar-refractivity contribution in [2.24, 2.45) is 0 Å². The van der Waals surface area contributed by atoms with E-state index in [-0.39, 0.29) is 11.4 Å². The van der Waals surface area contributed by atoms with Crippen LogP contribution in [-0.4, -0.2) is 28.0 Å². The van der Waals surface area contributed by atoms with Crippen LogP contribution in [0.5, 0.6) is 0 Å². The van der Waals surface area contributed by atoms with Crippen LogP contribution in [0.1, 0.15) is 34.8 Å². The SMILES string of the molecule is CCC(Sc1cccc(NC(=O)/C(=C/c2cccnc2)NC(=O)c2ccccc2)c1)C(=O)Nc1ccccc1C(F)(F)F. The predicted octanol–water partition coefficient (Wildman–Crippen LogP) is 7.02. The number of para-hydroxylation sites is 1. The summed E-state index contributed by atoms with van der Waals surface area (Å²) >= 11 is 1.15. The minimum absolute atomic E-state index is 0.0194. The summed E-state index contributed by atoms with van der Waals surface area (Å²) in [5.74, 6) is -1.65. The number of benzene rings is 3. The van der Waals surface area contributed by atoms with Crippen molar-refractivity contribution in [3.63, 3.8) is 0 Å². The molecule has 1 aromatic heterocycles. The molecule has 4 rings (SSSR count). The molecule has 0 bridgehead atoms. The molecule has 0 aliphatic rings. The Morgan fingerprint density at radius 1 is 0.907 bits per heavy atom. The van der Waals surface area contributed by atoms with Crippen molar-refractivity contribution < 1.29 is 27.6 Å². The van der Waals surface area contributed by atoms with Gasteiger partial charge >= 0.3 is 6.18 Å². The molecular weight excluding hydrogens is 577 g/mol. The van der Waals surface area contributed by atoms with Crippen LogP contribution in [0.2, 0.25) is 0 Å². The van der Waals surface area contributed by atoms with E-state index in [1.54, 1.807) is 86.0 Å².